The van der Waals surface area contributed by atoms with Crippen LogP contribution in [0.2, 0.25) is 5.02 Å². The van der Waals surface area contributed by atoms with Crippen LogP contribution >= 0.6 is 35.1 Å². The highest BCUT2D eigenvalue weighted by molar-refractivity contribution is 7.97. The molecule has 0 radical (unpaired) electrons. The van der Waals surface area contributed by atoms with Crippen molar-refractivity contribution < 1.29 is 14.3 Å². The minimum Gasteiger partial charge on any atom is -0.427 e. The Hall–Kier alpha value is -2.53. The number of carbonyl (C=O) groups is 2. The van der Waals surface area contributed by atoms with E-state index in [-0.39, 0.29) is 19.1 Å². The molecule has 0 unspecified atom stereocenters. The predicted octanol–water partition coefficient (Wildman–Crippen LogP) is 4.17. The van der Waals surface area contributed by atoms with Crippen LogP contribution in [0.15, 0.2) is 36.4 Å². The summed E-state index contributed by atoms with van der Waals surface area (Å²) >= 11 is 9.30. The van der Waals surface area contributed by atoms with Gasteiger partial charge in [-0.1, -0.05) is 41.7 Å². The van der Waals surface area contributed by atoms with Gasteiger partial charge in [0.05, 0.1) is 16.8 Å². The summed E-state index contributed by atoms with van der Waals surface area (Å²) < 4.78 is 13.5. The van der Waals surface area contributed by atoms with Crippen molar-refractivity contribution in [3.63, 3.8) is 0 Å². The monoisotopic (exact) mass is 531 g/mol. The number of fused-ring (bicyclic) bond motifs is 2. The number of carbonyl (C=O) groups excluding carboxylic acids is 2. The molecule has 2 amide bonds. The van der Waals surface area contributed by atoms with E-state index in [9.17, 15) is 9.59 Å². The van der Waals surface area contributed by atoms with Crippen LogP contribution in [0.5, 0.6) is 0 Å². The van der Waals surface area contributed by atoms with E-state index in [0.717, 1.165) is 68.0 Å². The van der Waals surface area contributed by atoms with Crippen molar-refractivity contribution in [3.8, 4) is 0 Å². The van der Waals surface area contributed by atoms with Gasteiger partial charge in [-0.3, -0.25) is 19.3 Å². The molecule has 0 spiro atoms. The third-order valence-electron chi connectivity index (χ3n) is 6.42. The van der Waals surface area contributed by atoms with Crippen LogP contribution in [0.4, 0.5) is 16.3 Å². The highest BCUT2D eigenvalue weighted by atomic mass is 35.5. The van der Waals surface area contributed by atoms with Crippen molar-refractivity contribution >= 4 is 68.7 Å². The van der Waals surface area contributed by atoms with Crippen molar-refractivity contribution in [2.45, 2.75) is 12.8 Å². The maximum atomic E-state index is 12.5. The molecule has 11 heteroatoms. The Balaban J connectivity index is 1.17. The first-order valence-electron chi connectivity index (χ1n) is 11.4. The van der Waals surface area contributed by atoms with Crippen LogP contribution < -0.4 is 14.5 Å². The van der Waals surface area contributed by atoms with Crippen molar-refractivity contribution in [2.24, 2.45) is 0 Å². The third-order valence-corrected chi connectivity index (χ3v) is 7.96. The summed E-state index contributed by atoms with van der Waals surface area (Å²) in [5, 5.41) is 1.86. The summed E-state index contributed by atoms with van der Waals surface area (Å²) in [6.07, 6.45) is 2.24. The molecule has 8 nitrogen and oxygen atoms in total. The van der Waals surface area contributed by atoms with Gasteiger partial charge in [0.1, 0.15) is 5.82 Å². The molecule has 35 heavy (non-hydrogen) atoms. The number of piperazine rings is 1. The van der Waals surface area contributed by atoms with Gasteiger partial charge in [-0.05, 0) is 47.3 Å². The van der Waals surface area contributed by atoms with E-state index in [0.29, 0.717) is 10.7 Å². The van der Waals surface area contributed by atoms with E-state index in [1.807, 2.05) is 12.1 Å². The summed E-state index contributed by atoms with van der Waals surface area (Å²) in [5.74, 6) is 0.993. The Morgan fingerprint density at radius 2 is 2.03 bits per heavy atom. The first-order chi connectivity index (χ1) is 17.0. The summed E-state index contributed by atoms with van der Waals surface area (Å²) in [6.45, 7) is 4.59. The number of halogens is 1. The fraction of sp³-hybridized carbons (Fsp3) is 0.375. The molecule has 0 atom stereocenters. The SMILES string of the molecule is CSNC(=O)OCN1C(=O)Cc2cc(CCN3CCN(c4nsc5ccccc45)CC3)c(Cl)cc21. The Labute approximate surface area is 217 Å². The fourth-order valence-corrected chi connectivity index (χ4v) is 5.85. The van der Waals surface area contributed by atoms with E-state index in [1.54, 1.807) is 17.8 Å². The van der Waals surface area contributed by atoms with Crippen LogP contribution in [-0.2, 0) is 22.4 Å². The first-order valence-corrected chi connectivity index (χ1v) is 13.8. The second-order valence-corrected chi connectivity index (χ2v) is 10.3. The maximum absolute atomic E-state index is 12.5. The highest BCUT2D eigenvalue weighted by Gasteiger charge is 2.29. The maximum Gasteiger partial charge on any atom is 0.418 e. The highest BCUT2D eigenvalue weighted by Crippen LogP contribution is 2.34. The molecule has 1 aromatic heterocycles. The molecular formula is C24H26ClN5O3S2. The van der Waals surface area contributed by atoms with Crippen LogP contribution in [-0.4, -0.2) is 67.0 Å². The van der Waals surface area contributed by atoms with Gasteiger partial charge < -0.3 is 9.64 Å². The lowest BCUT2D eigenvalue weighted by molar-refractivity contribution is -0.118. The number of nitrogens with one attached hydrogen (secondary N) is 1. The number of anilines is 2. The number of rotatable bonds is 7. The average molecular weight is 532 g/mol. The Bertz CT molecular complexity index is 1250. The van der Waals surface area contributed by atoms with Crippen molar-refractivity contribution in [2.75, 3.05) is 55.5 Å². The van der Waals surface area contributed by atoms with Gasteiger partial charge in [-0.25, -0.2) is 4.79 Å². The zero-order valence-electron chi connectivity index (χ0n) is 19.3. The number of aromatic nitrogens is 1. The van der Waals surface area contributed by atoms with Crippen LogP contribution in [0, 0.1) is 0 Å². The Kier molecular flexibility index (Phi) is 7.33. The van der Waals surface area contributed by atoms with Crippen LogP contribution in [0.3, 0.4) is 0 Å². The van der Waals surface area contributed by atoms with Gasteiger partial charge in [0.2, 0.25) is 5.91 Å². The van der Waals surface area contributed by atoms with E-state index >= 15 is 0 Å². The third kappa shape index (κ3) is 5.20. The Morgan fingerprint density at radius 1 is 1.23 bits per heavy atom. The quantitative estimate of drug-likeness (QED) is 0.458. The lowest BCUT2D eigenvalue weighted by atomic mass is 10.1. The van der Waals surface area contributed by atoms with Gasteiger partial charge >= 0.3 is 6.09 Å². The zero-order valence-corrected chi connectivity index (χ0v) is 21.7. The second kappa shape index (κ2) is 10.6. The predicted molar refractivity (Wildman–Crippen MR) is 143 cm³/mol. The average Bonchev–Trinajstić information content (AvgIpc) is 3.42. The number of ether oxygens (including phenoxy) is 1. The second-order valence-electron chi connectivity index (χ2n) is 8.52. The van der Waals surface area contributed by atoms with Crippen LogP contribution in [0.1, 0.15) is 11.1 Å². The van der Waals surface area contributed by atoms with E-state index in [4.69, 9.17) is 20.7 Å². The van der Waals surface area contributed by atoms with Gasteiger partial charge in [-0.15, -0.1) is 0 Å². The molecule has 3 aromatic rings. The molecular weight excluding hydrogens is 506 g/mol. The molecule has 2 aliphatic rings. The van der Waals surface area contributed by atoms with E-state index < -0.39 is 6.09 Å². The number of hydrogen-bond acceptors (Lipinski definition) is 8. The van der Waals surface area contributed by atoms with Gasteiger partial charge in [-0.2, -0.15) is 4.37 Å². The van der Waals surface area contributed by atoms with Crippen molar-refractivity contribution in [1.29, 1.82) is 0 Å². The zero-order chi connectivity index (χ0) is 24.4. The molecule has 3 heterocycles. The molecule has 5 rings (SSSR count). The molecule has 0 aliphatic carbocycles. The van der Waals surface area contributed by atoms with E-state index in [2.05, 4.69) is 38.8 Å². The largest absolute Gasteiger partial charge is 0.427 e. The van der Waals surface area contributed by atoms with Gasteiger partial charge in [0.15, 0.2) is 6.73 Å². The number of amides is 2. The van der Waals surface area contributed by atoms with Gasteiger partial charge in [0.25, 0.3) is 0 Å². The molecule has 1 N–H and O–H groups in total. The normalized spacial score (nSPS) is 16.1. The molecule has 184 valence electrons. The minimum absolute atomic E-state index is 0.101. The van der Waals surface area contributed by atoms with Gasteiger partial charge in [0, 0.05) is 49.4 Å². The summed E-state index contributed by atoms with van der Waals surface area (Å²) in [6, 6.07) is 12.2. The standard InChI is InChI=1S/C24H26ClN5O3S2/c1-34-27-24(32)33-15-30-20-14-19(25)16(12-17(20)13-22(30)31)6-7-28-8-10-29(11-9-28)23-18-4-2-3-5-21(18)35-26-23/h2-5,12,14H,6-11,13,15H2,1H3,(H,27,32). The van der Waals surface area contributed by atoms with Crippen LogP contribution in [0.25, 0.3) is 10.1 Å². The summed E-state index contributed by atoms with van der Waals surface area (Å²) in [7, 11) is 0. The molecule has 0 saturated carbocycles. The Morgan fingerprint density at radius 3 is 2.83 bits per heavy atom. The molecule has 0 bridgehead atoms. The van der Waals surface area contributed by atoms with Crippen molar-refractivity contribution in [3.05, 3.63) is 52.5 Å². The lowest BCUT2D eigenvalue weighted by Gasteiger charge is -2.35. The number of nitrogens with zero attached hydrogens (tertiary/aromatic N) is 4. The summed E-state index contributed by atoms with van der Waals surface area (Å²) in [5.41, 5.74) is 2.67. The van der Waals surface area contributed by atoms with E-state index in [1.165, 1.54) is 15.0 Å². The smallest absolute Gasteiger partial charge is 0.418 e. The summed E-state index contributed by atoms with van der Waals surface area (Å²) in [4.78, 5) is 30.4. The fourth-order valence-electron chi connectivity index (χ4n) is 4.58. The number of hydrogen-bond donors (Lipinski definition) is 1. The lowest BCUT2D eigenvalue weighted by Crippen LogP contribution is -2.47. The molecule has 1 fully saturated rings. The topological polar surface area (TPSA) is 78.0 Å². The van der Waals surface area contributed by atoms with Crippen molar-refractivity contribution in [1.82, 2.24) is 14.0 Å². The number of benzene rings is 2. The molecule has 1 saturated heterocycles. The molecule has 2 aliphatic heterocycles. The first kappa shape index (κ1) is 24.2. The minimum atomic E-state index is -0.579. The molecule has 2 aromatic carbocycles.